The van der Waals surface area contributed by atoms with Crippen molar-refractivity contribution in [3.63, 3.8) is 0 Å². The van der Waals surface area contributed by atoms with Crippen LogP contribution in [0.3, 0.4) is 0 Å². The van der Waals surface area contributed by atoms with Crippen LogP contribution in [0.4, 0.5) is 34.5 Å². The Morgan fingerprint density at radius 3 is 0.784 bits per heavy atom. The molecule has 2 aliphatic rings. The molecule has 0 unspecified atom stereocenters. The molecule has 0 atom stereocenters. The van der Waals surface area contributed by atoms with Gasteiger partial charge in [0.25, 0.3) is 17.5 Å². The van der Waals surface area contributed by atoms with Crippen molar-refractivity contribution in [2.45, 2.75) is 0 Å². The van der Waals surface area contributed by atoms with Crippen molar-refractivity contribution in [2.24, 2.45) is 0 Å². The van der Waals surface area contributed by atoms with E-state index >= 15 is 0 Å². The number of nitrogens with zero attached hydrogens (tertiary/aromatic N) is 6. The van der Waals surface area contributed by atoms with Crippen LogP contribution in [-0.2, 0) is 0 Å². The molecular formula is C32H18B2F8MgN8. The van der Waals surface area contributed by atoms with Crippen LogP contribution in [0.25, 0.3) is 89.7 Å². The van der Waals surface area contributed by atoms with Crippen LogP contribution in [0.1, 0.15) is 0 Å². The molecule has 9 rings (SSSR count). The number of halogens is 8. The van der Waals surface area contributed by atoms with Gasteiger partial charge in [-0.2, -0.15) is 0 Å². The van der Waals surface area contributed by atoms with Crippen LogP contribution >= 0.6 is 0 Å². The van der Waals surface area contributed by atoms with Crippen molar-refractivity contribution >= 4 is 81.7 Å². The smallest absolute Gasteiger partial charge is 0.418 e. The summed E-state index contributed by atoms with van der Waals surface area (Å²) in [5.41, 5.74) is 6.21. The fraction of sp³-hybridized carbons (Fsp3) is 0. The van der Waals surface area contributed by atoms with E-state index in [4.69, 9.17) is 29.9 Å². The van der Waals surface area contributed by atoms with Crippen molar-refractivity contribution in [3.05, 3.63) is 97.1 Å². The molecule has 4 aromatic carbocycles. The number of hydrogen-bond donors (Lipinski definition) is 0. The van der Waals surface area contributed by atoms with Gasteiger partial charge in [-0.1, -0.05) is 93.8 Å². The van der Waals surface area contributed by atoms with Gasteiger partial charge >= 0.3 is 37.6 Å². The van der Waals surface area contributed by atoms with Crippen LogP contribution < -0.4 is 19.9 Å². The topological polar surface area (TPSA) is 108 Å². The molecule has 0 saturated carbocycles. The van der Waals surface area contributed by atoms with Gasteiger partial charge in [0.15, 0.2) is 16.9 Å². The van der Waals surface area contributed by atoms with E-state index in [2.05, 4.69) is 9.97 Å². The number of hydrogen-bond acceptors (Lipinski definition) is 4. The normalized spacial score (nSPS) is 11.8. The van der Waals surface area contributed by atoms with Crippen LogP contribution in [0.5, 0.6) is 0 Å². The number of H-pyrrole nitrogens is 2. The molecule has 0 amide bonds. The summed E-state index contributed by atoms with van der Waals surface area (Å²) in [5, 5.41) is 3.71. The minimum absolute atomic E-state index is 0. The number of fused-ring (bicyclic) bond motifs is 20. The average Bonchev–Trinajstić information content (AvgIpc) is 3.79. The molecule has 0 saturated heterocycles. The fourth-order valence-electron chi connectivity index (χ4n) is 5.59. The SMILES string of the molecule is F[B-](F)(F)F.F[B-](F)(F)F.[Mg+2].c1ccc2c(c1)-c1nc3[n-]c(nc4[nH+]c(nc5[n-]c(nc-2[nH+]1)c1ccccc51)-c1ccccc1-4)c1ccccc31. The maximum absolute atomic E-state index is 9.75. The molecule has 2 N–H and O–H groups in total. The van der Waals surface area contributed by atoms with Gasteiger partial charge in [-0.3, -0.25) is 9.97 Å². The number of aromatic nitrogens is 8. The quantitative estimate of drug-likeness (QED) is 0.122. The zero-order chi connectivity index (χ0) is 35.2. The summed E-state index contributed by atoms with van der Waals surface area (Å²) in [4.78, 5) is 36.8. The van der Waals surface area contributed by atoms with Gasteiger partial charge in [-0.15, -0.1) is 0 Å². The first-order valence-corrected chi connectivity index (χ1v) is 14.7. The average molecular weight is 712 g/mol. The Kier molecular flexibility index (Phi) is 9.52. The first kappa shape index (κ1) is 35.4. The fourth-order valence-corrected chi connectivity index (χ4v) is 5.59. The van der Waals surface area contributed by atoms with Crippen molar-refractivity contribution < 1.29 is 44.5 Å². The van der Waals surface area contributed by atoms with Crippen molar-refractivity contribution in [1.29, 1.82) is 0 Å². The van der Waals surface area contributed by atoms with Crippen LogP contribution in [0, 0.1) is 0 Å². The van der Waals surface area contributed by atoms with E-state index in [0.717, 1.165) is 43.8 Å². The van der Waals surface area contributed by atoms with Crippen LogP contribution in [0.2, 0.25) is 0 Å². The predicted molar refractivity (Wildman–Crippen MR) is 178 cm³/mol. The second-order valence-corrected chi connectivity index (χ2v) is 10.8. The molecule has 3 aromatic heterocycles. The van der Waals surface area contributed by atoms with Gasteiger partial charge in [-0.25, -0.2) is 4.98 Å². The second kappa shape index (κ2) is 13.7. The Balaban J connectivity index is 0.000000363. The van der Waals surface area contributed by atoms with Gasteiger partial charge in [-0.05, 0) is 23.6 Å². The molecule has 250 valence electrons. The van der Waals surface area contributed by atoms with Crippen molar-refractivity contribution in [2.75, 3.05) is 0 Å². The largest absolute Gasteiger partial charge is 2.00 e. The maximum Gasteiger partial charge on any atom is 2.00 e. The first-order chi connectivity index (χ1) is 23.8. The summed E-state index contributed by atoms with van der Waals surface area (Å²) < 4.78 is 78.0. The van der Waals surface area contributed by atoms with E-state index < -0.39 is 14.5 Å². The Bertz CT molecular complexity index is 2250. The summed E-state index contributed by atoms with van der Waals surface area (Å²) in [5.74, 6) is 2.74. The van der Waals surface area contributed by atoms with Gasteiger partial charge in [0, 0.05) is 27.4 Å². The third-order valence-electron chi connectivity index (χ3n) is 7.46. The minimum Gasteiger partial charge on any atom is -0.418 e. The predicted octanol–water partition coefficient (Wildman–Crippen LogP) is 7.18. The van der Waals surface area contributed by atoms with Gasteiger partial charge in [0.2, 0.25) is 0 Å². The van der Waals surface area contributed by atoms with E-state index in [1.54, 1.807) is 0 Å². The first-order valence-electron chi connectivity index (χ1n) is 14.7. The van der Waals surface area contributed by atoms with E-state index in [1.807, 2.05) is 97.1 Å². The summed E-state index contributed by atoms with van der Waals surface area (Å²) in [6.07, 6.45) is 0. The molecule has 0 aliphatic carbocycles. The summed E-state index contributed by atoms with van der Waals surface area (Å²) in [6.45, 7) is 0. The summed E-state index contributed by atoms with van der Waals surface area (Å²) in [7, 11) is -12.0. The third kappa shape index (κ3) is 7.68. The standard InChI is InChI=1S/C32H16N8.2BF4.Mg/c1-2-10-18-17(9-1)25-33-26(18)38-28-21-13-5-6-14-22(21)30(35-28)40-32-24-16-8-7-15-23(24)31(36-32)39-29-20-12-4-3-11-19(20)27(34-29)37-25;2*2-1(3,4)5;/h1-16H;;;/q-2;2*-1;+2/p+2. The molecule has 5 heterocycles. The number of aromatic amines is 2. The zero-order valence-corrected chi connectivity index (χ0v) is 27.2. The number of benzene rings is 4. The van der Waals surface area contributed by atoms with E-state index in [-0.39, 0.29) is 23.1 Å². The maximum atomic E-state index is 9.75. The Hall–Kier alpha value is -5.42. The van der Waals surface area contributed by atoms with E-state index in [1.165, 1.54) is 0 Å². The summed E-state index contributed by atoms with van der Waals surface area (Å²) in [6, 6.07) is 32.2. The minimum atomic E-state index is -6.00. The van der Waals surface area contributed by atoms with Gasteiger partial charge < -0.3 is 44.5 Å². The summed E-state index contributed by atoms with van der Waals surface area (Å²) >= 11 is 0. The molecule has 0 radical (unpaired) electrons. The van der Waals surface area contributed by atoms with Gasteiger partial charge in [0.1, 0.15) is 5.82 Å². The second-order valence-electron chi connectivity index (χ2n) is 10.8. The van der Waals surface area contributed by atoms with E-state index in [0.29, 0.717) is 45.9 Å². The van der Waals surface area contributed by atoms with Crippen LogP contribution in [0.15, 0.2) is 97.1 Å². The molecule has 51 heavy (non-hydrogen) atoms. The molecule has 0 spiro atoms. The molecule has 8 nitrogen and oxygen atoms in total. The van der Waals surface area contributed by atoms with Crippen molar-refractivity contribution in [1.82, 2.24) is 29.9 Å². The molecule has 8 bridgehead atoms. The Labute approximate surface area is 297 Å². The van der Waals surface area contributed by atoms with Gasteiger partial charge in [0.05, 0.1) is 16.7 Å². The Morgan fingerprint density at radius 2 is 0.569 bits per heavy atom. The van der Waals surface area contributed by atoms with E-state index in [9.17, 15) is 34.5 Å². The zero-order valence-electron chi connectivity index (χ0n) is 25.8. The molecular weight excluding hydrogens is 694 g/mol. The number of rotatable bonds is 0. The molecule has 19 heteroatoms. The van der Waals surface area contributed by atoms with Crippen LogP contribution in [-0.4, -0.2) is 57.5 Å². The molecule has 2 aliphatic heterocycles. The Morgan fingerprint density at radius 1 is 0.373 bits per heavy atom. The van der Waals surface area contributed by atoms with Crippen molar-refractivity contribution in [3.8, 4) is 45.6 Å². The number of nitrogens with one attached hydrogen (secondary N) is 2. The molecule has 7 aromatic rings. The third-order valence-corrected chi connectivity index (χ3v) is 7.46. The molecule has 0 fully saturated rings. The monoisotopic (exact) mass is 712 g/mol.